The molecule has 2 rings (SSSR count). The maximum atomic E-state index is 12.8. The van der Waals surface area contributed by atoms with Gasteiger partial charge in [0.05, 0.1) is 11.3 Å². The molecule has 1 amide bonds. The Balaban J connectivity index is 2.42. The molecule has 0 saturated heterocycles. The van der Waals surface area contributed by atoms with Crippen molar-refractivity contribution in [2.24, 2.45) is 0 Å². The van der Waals surface area contributed by atoms with Gasteiger partial charge in [0.2, 0.25) is 0 Å². The van der Waals surface area contributed by atoms with Gasteiger partial charge in [-0.05, 0) is 55.8 Å². The fourth-order valence-corrected chi connectivity index (χ4v) is 2.27. The van der Waals surface area contributed by atoms with Crippen LogP contribution in [0.25, 0.3) is 0 Å². The van der Waals surface area contributed by atoms with Gasteiger partial charge in [0.1, 0.15) is 11.6 Å². The lowest BCUT2D eigenvalue weighted by atomic mass is 10.2. The minimum atomic E-state index is -0.141. The van der Waals surface area contributed by atoms with Gasteiger partial charge >= 0.3 is 0 Å². The lowest BCUT2D eigenvalue weighted by Crippen LogP contribution is -2.38. The summed E-state index contributed by atoms with van der Waals surface area (Å²) in [4.78, 5) is 27.1. The van der Waals surface area contributed by atoms with Crippen molar-refractivity contribution in [1.29, 1.82) is 0 Å². The summed E-state index contributed by atoms with van der Waals surface area (Å²) < 4.78 is 0.872. The lowest BCUT2D eigenvalue weighted by molar-refractivity contribution is 0.0978. The number of amides is 1. The zero-order valence-electron chi connectivity index (χ0n) is 12.5. The van der Waals surface area contributed by atoms with Crippen LogP contribution in [-0.4, -0.2) is 26.9 Å². The van der Waals surface area contributed by atoms with Crippen molar-refractivity contribution in [2.45, 2.75) is 33.7 Å². The SMILES string of the molecule is Cc1ncc(C(=O)N(c2ccc(Br)cn2)C(C)C)c(C)n1. The third-order valence-corrected chi connectivity index (χ3v) is 3.49. The van der Waals surface area contributed by atoms with E-state index >= 15 is 0 Å². The second kappa shape index (κ2) is 6.30. The highest BCUT2D eigenvalue weighted by Crippen LogP contribution is 2.20. The van der Waals surface area contributed by atoms with Crippen molar-refractivity contribution in [3.8, 4) is 0 Å². The van der Waals surface area contributed by atoms with E-state index in [4.69, 9.17) is 0 Å². The van der Waals surface area contributed by atoms with E-state index in [0.717, 1.165) is 4.47 Å². The molecule has 0 aliphatic rings. The van der Waals surface area contributed by atoms with Crippen LogP contribution in [0.4, 0.5) is 5.82 Å². The maximum absolute atomic E-state index is 12.8. The number of carbonyl (C=O) groups excluding carboxylic acids is 1. The number of hydrogen-bond acceptors (Lipinski definition) is 4. The third-order valence-electron chi connectivity index (χ3n) is 3.02. The first kappa shape index (κ1) is 15.6. The van der Waals surface area contributed by atoms with Crippen LogP contribution in [0.15, 0.2) is 29.0 Å². The molecule has 2 aromatic rings. The molecule has 0 aliphatic heterocycles. The zero-order chi connectivity index (χ0) is 15.6. The number of pyridine rings is 1. The molecule has 0 atom stereocenters. The Morgan fingerprint density at radius 1 is 1.19 bits per heavy atom. The highest BCUT2D eigenvalue weighted by molar-refractivity contribution is 9.10. The summed E-state index contributed by atoms with van der Waals surface area (Å²) in [7, 11) is 0. The lowest BCUT2D eigenvalue weighted by Gasteiger charge is -2.26. The summed E-state index contributed by atoms with van der Waals surface area (Å²) in [5.74, 6) is 1.12. The van der Waals surface area contributed by atoms with Crippen molar-refractivity contribution in [3.05, 3.63) is 46.1 Å². The van der Waals surface area contributed by atoms with Gasteiger partial charge < -0.3 is 0 Å². The van der Waals surface area contributed by atoms with Gasteiger partial charge in [-0.25, -0.2) is 15.0 Å². The molecule has 0 saturated carbocycles. The van der Waals surface area contributed by atoms with Crippen LogP contribution in [0, 0.1) is 13.8 Å². The number of anilines is 1. The zero-order valence-corrected chi connectivity index (χ0v) is 14.0. The van der Waals surface area contributed by atoms with Crippen molar-refractivity contribution < 1.29 is 4.79 Å². The summed E-state index contributed by atoms with van der Waals surface area (Å²) in [6, 6.07) is 3.66. The average molecular weight is 349 g/mol. The van der Waals surface area contributed by atoms with Gasteiger partial charge in [-0.2, -0.15) is 0 Å². The summed E-state index contributed by atoms with van der Waals surface area (Å²) in [6.07, 6.45) is 3.25. The second-order valence-corrected chi connectivity index (χ2v) is 5.94. The van der Waals surface area contributed by atoms with Crippen LogP contribution in [0.2, 0.25) is 0 Å². The van der Waals surface area contributed by atoms with Crippen LogP contribution < -0.4 is 4.90 Å². The standard InChI is InChI=1S/C15H17BrN4O/c1-9(2)20(14-6-5-12(16)7-18-14)15(21)13-8-17-11(4)19-10(13)3/h5-9H,1-4H3. The van der Waals surface area contributed by atoms with Crippen LogP contribution in [0.1, 0.15) is 35.7 Å². The quantitative estimate of drug-likeness (QED) is 0.853. The summed E-state index contributed by atoms with van der Waals surface area (Å²) in [6.45, 7) is 7.52. The van der Waals surface area contributed by atoms with Crippen molar-refractivity contribution in [3.63, 3.8) is 0 Å². The van der Waals surface area contributed by atoms with Gasteiger partial charge in [-0.3, -0.25) is 9.69 Å². The molecule has 0 N–H and O–H groups in total. The fraction of sp³-hybridized carbons (Fsp3) is 0.333. The van der Waals surface area contributed by atoms with E-state index in [1.54, 1.807) is 24.2 Å². The van der Waals surface area contributed by atoms with Crippen LogP contribution in [-0.2, 0) is 0 Å². The molecule has 2 heterocycles. The maximum Gasteiger partial charge on any atom is 0.263 e. The van der Waals surface area contributed by atoms with E-state index in [1.807, 2.05) is 32.9 Å². The number of aryl methyl sites for hydroxylation is 2. The molecule has 6 heteroatoms. The van der Waals surface area contributed by atoms with E-state index in [0.29, 0.717) is 22.9 Å². The molecule has 2 aromatic heterocycles. The Kier molecular flexibility index (Phi) is 4.67. The fourth-order valence-electron chi connectivity index (χ4n) is 2.04. The molecular weight excluding hydrogens is 332 g/mol. The highest BCUT2D eigenvalue weighted by atomic mass is 79.9. The molecule has 0 radical (unpaired) electrons. The first-order valence-corrected chi connectivity index (χ1v) is 7.45. The van der Waals surface area contributed by atoms with E-state index in [-0.39, 0.29) is 11.9 Å². The molecule has 0 bridgehead atoms. The number of halogens is 1. The van der Waals surface area contributed by atoms with Crippen LogP contribution >= 0.6 is 15.9 Å². The third kappa shape index (κ3) is 3.44. The van der Waals surface area contributed by atoms with Crippen molar-refractivity contribution in [2.75, 3.05) is 4.90 Å². The number of rotatable bonds is 3. The van der Waals surface area contributed by atoms with Gasteiger partial charge in [0.15, 0.2) is 0 Å². The number of carbonyl (C=O) groups is 1. The Morgan fingerprint density at radius 3 is 2.43 bits per heavy atom. The minimum absolute atomic E-state index is 0.0214. The first-order valence-electron chi connectivity index (χ1n) is 6.65. The molecule has 0 unspecified atom stereocenters. The predicted octanol–water partition coefficient (Wildman–Crippen LogP) is 3.31. The van der Waals surface area contributed by atoms with Gasteiger partial charge in [-0.1, -0.05) is 0 Å². The van der Waals surface area contributed by atoms with Gasteiger partial charge in [-0.15, -0.1) is 0 Å². The molecule has 0 aromatic carbocycles. The molecule has 0 fully saturated rings. The molecule has 0 spiro atoms. The molecule has 110 valence electrons. The minimum Gasteiger partial charge on any atom is -0.290 e. The Bertz CT molecular complexity index is 655. The molecule has 21 heavy (non-hydrogen) atoms. The number of hydrogen-bond donors (Lipinski definition) is 0. The average Bonchev–Trinajstić information content (AvgIpc) is 2.40. The Hall–Kier alpha value is -1.82. The van der Waals surface area contributed by atoms with Crippen LogP contribution in [0.3, 0.4) is 0 Å². The summed E-state index contributed by atoms with van der Waals surface area (Å²) >= 11 is 3.35. The normalized spacial score (nSPS) is 10.8. The van der Waals surface area contributed by atoms with E-state index < -0.39 is 0 Å². The smallest absolute Gasteiger partial charge is 0.263 e. The Morgan fingerprint density at radius 2 is 1.90 bits per heavy atom. The monoisotopic (exact) mass is 348 g/mol. The Labute approximate surface area is 132 Å². The molecule has 5 nitrogen and oxygen atoms in total. The highest BCUT2D eigenvalue weighted by Gasteiger charge is 2.24. The van der Waals surface area contributed by atoms with Crippen molar-refractivity contribution >= 4 is 27.7 Å². The topological polar surface area (TPSA) is 59.0 Å². The summed E-state index contributed by atoms with van der Waals surface area (Å²) in [5, 5.41) is 0. The van der Waals surface area contributed by atoms with E-state index in [9.17, 15) is 4.79 Å². The van der Waals surface area contributed by atoms with E-state index in [2.05, 4.69) is 30.9 Å². The second-order valence-electron chi connectivity index (χ2n) is 5.02. The largest absolute Gasteiger partial charge is 0.290 e. The van der Waals surface area contributed by atoms with Crippen molar-refractivity contribution in [1.82, 2.24) is 15.0 Å². The number of aromatic nitrogens is 3. The van der Waals surface area contributed by atoms with Crippen LogP contribution in [0.5, 0.6) is 0 Å². The molecule has 0 aliphatic carbocycles. The predicted molar refractivity (Wildman–Crippen MR) is 85.4 cm³/mol. The number of nitrogens with zero attached hydrogens (tertiary/aromatic N) is 4. The summed E-state index contributed by atoms with van der Waals surface area (Å²) in [5.41, 5.74) is 1.18. The van der Waals surface area contributed by atoms with E-state index in [1.165, 1.54) is 0 Å². The van der Waals surface area contributed by atoms with Gasteiger partial charge in [0.25, 0.3) is 5.91 Å². The molecular formula is C15H17BrN4O. The van der Waals surface area contributed by atoms with Gasteiger partial charge in [0, 0.05) is 22.9 Å². The first-order chi connectivity index (χ1) is 9.90.